The molecule has 0 saturated carbocycles. The second kappa shape index (κ2) is 5.49. The maximum Gasteiger partial charge on any atom is 0.338 e. The van der Waals surface area contributed by atoms with E-state index in [1.807, 2.05) is 0 Å². The van der Waals surface area contributed by atoms with Gasteiger partial charge in [-0.15, -0.1) is 0 Å². The molecular formula is C13H9F2NO4S. The van der Waals surface area contributed by atoms with Crippen molar-refractivity contribution in [2.45, 2.75) is 4.90 Å². The van der Waals surface area contributed by atoms with E-state index >= 15 is 0 Å². The van der Waals surface area contributed by atoms with Crippen LogP contribution in [0.5, 0.6) is 0 Å². The molecule has 8 heteroatoms. The Labute approximate surface area is 118 Å². The van der Waals surface area contributed by atoms with Crippen LogP contribution in [0, 0.1) is 11.6 Å². The van der Waals surface area contributed by atoms with Crippen molar-refractivity contribution in [2.24, 2.45) is 0 Å². The molecule has 0 spiro atoms. The maximum absolute atomic E-state index is 13.2. The number of hydrogen-bond donors (Lipinski definition) is 2. The molecule has 0 aliphatic heterocycles. The van der Waals surface area contributed by atoms with Crippen molar-refractivity contribution in [1.29, 1.82) is 0 Å². The van der Waals surface area contributed by atoms with Crippen molar-refractivity contribution in [3.63, 3.8) is 0 Å². The molecule has 0 unspecified atom stereocenters. The summed E-state index contributed by atoms with van der Waals surface area (Å²) in [5, 5.41) is 8.78. The molecule has 0 saturated heterocycles. The third kappa shape index (κ3) is 3.34. The molecule has 110 valence electrons. The minimum absolute atomic E-state index is 0.141. The minimum Gasteiger partial charge on any atom is -0.478 e. The first kappa shape index (κ1) is 14.9. The summed E-state index contributed by atoms with van der Waals surface area (Å²) in [5.74, 6) is -3.25. The smallest absolute Gasteiger partial charge is 0.338 e. The molecule has 0 aliphatic carbocycles. The summed E-state index contributed by atoms with van der Waals surface area (Å²) in [4.78, 5) is 10.5. The topological polar surface area (TPSA) is 83.5 Å². The highest BCUT2D eigenvalue weighted by atomic mass is 32.2. The molecule has 0 heterocycles. The number of anilines is 1. The molecule has 0 fully saturated rings. The van der Waals surface area contributed by atoms with Crippen molar-refractivity contribution >= 4 is 21.7 Å². The lowest BCUT2D eigenvalue weighted by atomic mass is 10.2. The van der Waals surface area contributed by atoms with Gasteiger partial charge in [-0.05, 0) is 36.4 Å². The lowest BCUT2D eigenvalue weighted by Gasteiger charge is -2.09. The zero-order chi connectivity index (χ0) is 15.6. The molecule has 2 aromatic rings. The first-order valence-electron chi connectivity index (χ1n) is 5.61. The highest BCUT2D eigenvalue weighted by Crippen LogP contribution is 2.19. The summed E-state index contributed by atoms with van der Waals surface area (Å²) >= 11 is 0. The van der Waals surface area contributed by atoms with E-state index in [4.69, 9.17) is 5.11 Å². The van der Waals surface area contributed by atoms with E-state index in [9.17, 15) is 22.0 Å². The molecule has 0 aromatic heterocycles. The summed E-state index contributed by atoms with van der Waals surface area (Å²) < 4.78 is 52.3. The van der Waals surface area contributed by atoms with Crippen LogP contribution in [-0.4, -0.2) is 19.5 Å². The maximum atomic E-state index is 13.2. The predicted molar refractivity (Wildman–Crippen MR) is 70.6 cm³/mol. The quantitative estimate of drug-likeness (QED) is 0.908. The van der Waals surface area contributed by atoms with Crippen LogP contribution < -0.4 is 4.72 Å². The lowest BCUT2D eigenvalue weighted by Crippen LogP contribution is -2.14. The van der Waals surface area contributed by atoms with E-state index in [1.165, 1.54) is 12.1 Å². The van der Waals surface area contributed by atoms with Gasteiger partial charge in [-0.2, -0.15) is 0 Å². The van der Waals surface area contributed by atoms with E-state index in [1.54, 1.807) is 0 Å². The molecule has 0 bridgehead atoms. The minimum atomic E-state index is -4.10. The highest BCUT2D eigenvalue weighted by Gasteiger charge is 2.17. The van der Waals surface area contributed by atoms with Crippen molar-refractivity contribution in [1.82, 2.24) is 0 Å². The van der Waals surface area contributed by atoms with E-state index < -0.39 is 33.2 Å². The Morgan fingerprint density at radius 3 is 2.43 bits per heavy atom. The van der Waals surface area contributed by atoms with Crippen molar-refractivity contribution in [3.8, 4) is 0 Å². The number of carboxylic acid groups (broad SMARTS) is 1. The summed E-state index contributed by atoms with van der Waals surface area (Å²) in [5.41, 5.74) is -0.812. The number of halogens is 2. The molecule has 5 nitrogen and oxygen atoms in total. The number of carbonyl (C=O) groups is 1. The van der Waals surface area contributed by atoms with E-state index in [0.717, 1.165) is 30.3 Å². The van der Waals surface area contributed by atoms with Gasteiger partial charge in [0.15, 0.2) is 0 Å². The largest absolute Gasteiger partial charge is 0.478 e. The summed E-state index contributed by atoms with van der Waals surface area (Å²) in [7, 11) is -4.10. The Kier molecular flexibility index (Phi) is 3.90. The summed E-state index contributed by atoms with van der Waals surface area (Å²) in [6, 6.07) is 7.02. The molecule has 0 amide bonds. The van der Waals surface area contributed by atoms with Gasteiger partial charge in [-0.3, -0.25) is 4.72 Å². The molecule has 2 aromatic carbocycles. The van der Waals surface area contributed by atoms with Crippen LogP contribution in [0.2, 0.25) is 0 Å². The molecule has 0 aliphatic rings. The van der Waals surface area contributed by atoms with Crippen LogP contribution >= 0.6 is 0 Å². The lowest BCUT2D eigenvalue weighted by molar-refractivity contribution is 0.0692. The van der Waals surface area contributed by atoms with Gasteiger partial charge >= 0.3 is 5.97 Å². The van der Waals surface area contributed by atoms with E-state index in [-0.39, 0.29) is 10.6 Å². The Bertz CT molecular complexity index is 806. The number of benzene rings is 2. The predicted octanol–water partition coefficient (Wildman–Crippen LogP) is 2.46. The standard InChI is InChI=1S/C13H9F2NO4S/c14-8-2-1-3-10(6-8)21(19,20)16-9-4-5-12(15)11(7-9)13(17)18/h1-7,16H,(H,17,18). The molecule has 0 radical (unpaired) electrons. The number of hydrogen-bond acceptors (Lipinski definition) is 3. The van der Waals surface area contributed by atoms with Gasteiger partial charge in [-0.1, -0.05) is 6.07 Å². The Morgan fingerprint density at radius 1 is 1.10 bits per heavy atom. The molecule has 2 N–H and O–H groups in total. The third-order valence-electron chi connectivity index (χ3n) is 2.56. The molecule has 2 rings (SSSR count). The zero-order valence-corrected chi connectivity index (χ0v) is 11.2. The zero-order valence-electron chi connectivity index (χ0n) is 10.4. The Morgan fingerprint density at radius 2 is 1.81 bits per heavy atom. The number of rotatable bonds is 4. The number of carboxylic acids is 1. The van der Waals surface area contributed by atoms with Gasteiger partial charge in [0.25, 0.3) is 10.0 Å². The van der Waals surface area contributed by atoms with Crippen molar-refractivity contribution < 1.29 is 27.1 Å². The second-order valence-corrected chi connectivity index (χ2v) is 5.75. The van der Waals surface area contributed by atoms with E-state index in [2.05, 4.69) is 4.72 Å². The Balaban J connectivity index is 2.37. The van der Waals surface area contributed by atoms with Gasteiger partial charge in [0, 0.05) is 5.69 Å². The monoisotopic (exact) mass is 313 g/mol. The van der Waals surface area contributed by atoms with Crippen molar-refractivity contribution in [3.05, 3.63) is 59.7 Å². The van der Waals surface area contributed by atoms with Crippen LogP contribution in [-0.2, 0) is 10.0 Å². The summed E-state index contributed by atoms with van der Waals surface area (Å²) in [6.45, 7) is 0. The van der Waals surface area contributed by atoms with Crippen molar-refractivity contribution in [2.75, 3.05) is 4.72 Å². The molecule has 0 atom stereocenters. The van der Waals surface area contributed by atoms with Gasteiger partial charge in [-0.25, -0.2) is 22.0 Å². The SMILES string of the molecule is O=C(O)c1cc(NS(=O)(=O)c2cccc(F)c2)ccc1F. The molecular weight excluding hydrogens is 304 g/mol. The van der Waals surface area contributed by atoms with Gasteiger partial charge in [0.2, 0.25) is 0 Å². The second-order valence-electron chi connectivity index (χ2n) is 4.06. The first-order valence-corrected chi connectivity index (χ1v) is 7.09. The molecule has 21 heavy (non-hydrogen) atoms. The fourth-order valence-corrected chi connectivity index (χ4v) is 2.68. The highest BCUT2D eigenvalue weighted by molar-refractivity contribution is 7.92. The van der Waals surface area contributed by atoms with Crippen LogP contribution in [0.4, 0.5) is 14.5 Å². The van der Waals surface area contributed by atoms with Crippen LogP contribution in [0.1, 0.15) is 10.4 Å². The number of sulfonamides is 1. The Hall–Kier alpha value is -2.48. The van der Waals surface area contributed by atoms with Gasteiger partial charge in [0.1, 0.15) is 11.6 Å². The third-order valence-corrected chi connectivity index (χ3v) is 3.93. The fourth-order valence-electron chi connectivity index (χ4n) is 1.60. The van der Waals surface area contributed by atoms with E-state index in [0.29, 0.717) is 0 Å². The first-order chi connectivity index (χ1) is 9.79. The van der Waals surface area contributed by atoms with Crippen LogP contribution in [0.25, 0.3) is 0 Å². The fraction of sp³-hybridized carbons (Fsp3) is 0. The number of nitrogens with one attached hydrogen (secondary N) is 1. The van der Waals surface area contributed by atoms with Gasteiger partial charge in [0.05, 0.1) is 10.5 Å². The average molecular weight is 313 g/mol. The van der Waals surface area contributed by atoms with Crippen LogP contribution in [0.3, 0.4) is 0 Å². The normalized spacial score (nSPS) is 11.1. The number of aromatic carboxylic acids is 1. The average Bonchev–Trinajstić information content (AvgIpc) is 2.40. The van der Waals surface area contributed by atoms with Gasteiger partial charge < -0.3 is 5.11 Å². The summed E-state index contributed by atoms with van der Waals surface area (Å²) in [6.07, 6.45) is 0. The van der Waals surface area contributed by atoms with Crippen LogP contribution in [0.15, 0.2) is 47.4 Å².